The van der Waals surface area contributed by atoms with Crippen LogP contribution in [0.4, 0.5) is 4.39 Å². The summed E-state index contributed by atoms with van der Waals surface area (Å²) in [5, 5.41) is 27.5. The van der Waals surface area contributed by atoms with E-state index in [1.54, 1.807) is 36.9 Å². The molecule has 44 heavy (non-hydrogen) atoms. The van der Waals surface area contributed by atoms with E-state index in [0.717, 1.165) is 36.8 Å². The first-order valence-corrected chi connectivity index (χ1v) is 15.9. The number of nitrogens with zero attached hydrogens (tertiary/aromatic N) is 1. The number of aliphatic hydroxyl groups is 1. The van der Waals surface area contributed by atoms with E-state index in [2.05, 4.69) is 10.6 Å². The van der Waals surface area contributed by atoms with Crippen molar-refractivity contribution in [3.8, 4) is 5.75 Å². The normalized spacial score (nSPS) is 18.6. The molecule has 1 aliphatic carbocycles. The highest BCUT2D eigenvalue weighted by molar-refractivity contribution is 8.01. The summed E-state index contributed by atoms with van der Waals surface area (Å²) in [6.45, 7) is 3.58. The maximum absolute atomic E-state index is 14.1. The van der Waals surface area contributed by atoms with Crippen molar-refractivity contribution in [2.45, 2.75) is 75.4 Å². The lowest BCUT2D eigenvalue weighted by Gasteiger charge is -2.35. The van der Waals surface area contributed by atoms with E-state index in [9.17, 15) is 29.0 Å². The van der Waals surface area contributed by atoms with Gasteiger partial charge in [-0.1, -0.05) is 55.3 Å². The van der Waals surface area contributed by atoms with Crippen LogP contribution >= 0.6 is 11.8 Å². The second-order valence-corrected chi connectivity index (χ2v) is 13.1. The number of carbonyl (C=O) groups is 3. The van der Waals surface area contributed by atoms with Crippen LogP contribution in [0.15, 0.2) is 66.7 Å². The first kappa shape index (κ1) is 31.5. The molecule has 1 spiro atoms. The van der Waals surface area contributed by atoms with Gasteiger partial charge in [0.25, 0.3) is 11.8 Å². The number of aliphatic hydroxyl groups excluding tert-OH is 1. The van der Waals surface area contributed by atoms with Crippen LogP contribution in [-0.2, 0) is 22.6 Å². The highest BCUT2D eigenvalue weighted by Crippen LogP contribution is 2.51. The quantitative estimate of drug-likeness (QED) is 0.282. The molecule has 3 atom stereocenters. The summed E-state index contributed by atoms with van der Waals surface area (Å²) in [6, 6.07) is 16.4. The monoisotopic (exact) mass is 619 g/mol. The third-order valence-electron chi connectivity index (χ3n) is 8.85. The van der Waals surface area contributed by atoms with Crippen molar-refractivity contribution in [1.82, 2.24) is 15.5 Å². The van der Waals surface area contributed by atoms with Crippen LogP contribution in [-0.4, -0.2) is 61.6 Å². The van der Waals surface area contributed by atoms with E-state index < -0.39 is 40.6 Å². The number of aromatic hydroxyl groups is 1. The van der Waals surface area contributed by atoms with Gasteiger partial charge in [0, 0.05) is 22.4 Å². The van der Waals surface area contributed by atoms with Crippen molar-refractivity contribution in [1.29, 1.82) is 0 Å². The number of benzene rings is 3. The molecule has 1 aliphatic heterocycles. The molecule has 1 saturated carbocycles. The average Bonchev–Trinajstić information content (AvgIpc) is 3.65. The molecular formula is C34H38FN3O5S. The molecule has 3 unspecified atom stereocenters. The lowest BCUT2D eigenvalue weighted by atomic mass is 9.93. The predicted octanol–water partition coefficient (Wildman–Crippen LogP) is 4.38. The lowest BCUT2D eigenvalue weighted by molar-refractivity contribution is -0.147. The largest absolute Gasteiger partial charge is 0.508 e. The summed E-state index contributed by atoms with van der Waals surface area (Å²) in [5.74, 6) is -1.72. The predicted molar refractivity (Wildman–Crippen MR) is 168 cm³/mol. The van der Waals surface area contributed by atoms with Gasteiger partial charge in [-0.15, -0.1) is 11.8 Å². The molecule has 8 nitrogen and oxygen atoms in total. The van der Waals surface area contributed by atoms with Crippen molar-refractivity contribution in [3.63, 3.8) is 0 Å². The van der Waals surface area contributed by atoms with E-state index in [-0.39, 0.29) is 36.1 Å². The maximum atomic E-state index is 14.1. The van der Waals surface area contributed by atoms with Gasteiger partial charge in [0.1, 0.15) is 17.6 Å². The standard InChI is InChI=1S/C34H38FN3O5S/c1-21-13-14-25(35)18-24(21)19-36-32(42)30-34(15-6-7-16-34)44-20-38(30)33(43)29(40)27(17-23-9-4-3-5-10-23)37-31(41)26-11-8-12-28(39)22(26)2/h3-5,8-14,18,27,29-30,39-40H,6-7,15-17,19-20H2,1-2H3,(H,36,42)(H,37,41). The second-order valence-electron chi connectivity index (χ2n) is 11.7. The molecule has 1 saturated heterocycles. The number of carbonyl (C=O) groups excluding carboxylic acids is 3. The minimum atomic E-state index is -1.64. The summed E-state index contributed by atoms with van der Waals surface area (Å²) < 4.78 is 13.4. The number of halogens is 1. The summed E-state index contributed by atoms with van der Waals surface area (Å²) in [4.78, 5) is 42.7. The fourth-order valence-electron chi connectivity index (χ4n) is 6.27. The fraction of sp³-hybridized carbons (Fsp3) is 0.382. The molecule has 1 heterocycles. The van der Waals surface area contributed by atoms with Crippen LogP contribution in [0.5, 0.6) is 5.75 Å². The number of aryl methyl sites for hydroxylation is 1. The number of hydrogen-bond donors (Lipinski definition) is 4. The minimum absolute atomic E-state index is 0.0351. The van der Waals surface area contributed by atoms with Crippen LogP contribution in [0.3, 0.4) is 0 Å². The van der Waals surface area contributed by atoms with Crippen LogP contribution < -0.4 is 10.6 Å². The van der Waals surface area contributed by atoms with E-state index >= 15 is 0 Å². The number of nitrogens with one attached hydrogen (secondary N) is 2. The Kier molecular flexibility index (Phi) is 9.60. The summed E-state index contributed by atoms with van der Waals surface area (Å²) in [6.07, 6.45) is 1.90. The molecule has 0 aromatic heterocycles. The highest BCUT2D eigenvalue weighted by atomic mass is 32.2. The zero-order valence-electron chi connectivity index (χ0n) is 24.9. The topological polar surface area (TPSA) is 119 Å². The minimum Gasteiger partial charge on any atom is -0.508 e. The second kappa shape index (κ2) is 13.4. The van der Waals surface area contributed by atoms with Crippen LogP contribution in [0.2, 0.25) is 0 Å². The zero-order valence-corrected chi connectivity index (χ0v) is 25.7. The Bertz CT molecular complexity index is 1530. The van der Waals surface area contributed by atoms with Gasteiger partial charge in [0.15, 0.2) is 6.10 Å². The smallest absolute Gasteiger partial charge is 0.254 e. The molecule has 3 aromatic rings. The number of amides is 3. The van der Waals surface area contributed by atoms with E-state index in [1.807, 2.05) is 37.3 Å². The number of phenols is 1. The zero-order chi connectivity index (χ0) is 31.4. The maximum Gasteiger partial charge on any atom is 0.254 e. The number of rotatable bonds is 9. The van der Waals surface area contributed by atoms with Crippen LogP contribution in [0, 0.1) is 19.7 Å². The number of thioether (sulfide) groups is 1. The van der Waals surface area contributed by atoms with Gasteiger partial charge in [0.2, 0.25) is 5.91 Å². The SMILES string of the molecule is Cc1ccc(F)cc1CNC(=O)C1N(C(=O)C(O)C(Cc2ccccc2)NC(=O)c2cccc(O)c2C)CSC12CCCC2. The number of phenolic OH excluding ortho intramolecular Hbond substituents is 1. The summed E-state index contributed by atoms with van der Waals surface area (Å²) >= 11 is 1.56. The third kappa shape index (κ3) is 6.61. The van der Waals surface area contributed by atoms with Gasteiger partial charge in [-0.3, -0.25) is 14.4 Å². The van der Waals surface area contributed by atoms with Gasteiger partial charge in [-0.2, -0.15) is 0 Å². The first-order valence-electron chi connectivity index (χ1n) is 14.9. The molecule has 2 aliphatic rings. The Morgan fingerprint density at radius 2 is 1.77 bits per heavy atom. The molecule has 4 N–H and O–H groups in total. The Morgan fingerprint density at radius 1 is 1.05 bits per heavy atom. The van der Waals surface area contributed by atoms with Crippen molar-refractivity contribution < 1.29 is 29.0 Å². The van der Waals surface area contributed by atoms with Crippen molar-refractivity contribution >= 4 is 29.5 Å². The number of hydrogen-bond acceptors (Lipinski definition) is 6. The molecule has 3 aromatic carbocycles. The van der Waals surface area contributed by atoms with E-state index in [4.69, 9.17) is 0 Å². The van der Waals surface area contributed by atoms with Crippen LogP contribution in [0.1, 0.15) is 58.3 Å². The summed E-state index contributed by atoms with van der Waals surface area (Å²) in [7, 11) is 0. The fourth-order valence-corrected chi connectivity index (χ4v) is 7.92. The van der Waals surface area contributed by atoms with Gasteiger partial charge in [0.05, 0.1) is 11.9 Å². The average molecular weight is 620 g/mol. The molecule has 10 heteroatoms. The Morgan fingerprint density at radius 3 is 2.50 bits per heavy atom. The van der Waals surface area contributed by atoms with Gasteiger partial charge < -0.3 is 25.7 Å². The van der Waals surface area contributed by atoms with Crippen molar-refractivity contribution in [2.24, 2.45) is 0 Å². The molecule has 2 fully saturated rings. The first-order chi connectivity index (χ1) is 21.1. The lowest BCUT2D eigenvalue weighted by Crippen LogP contribution is -2.59. The van der Waals surface area contributed by atoms with Crippen molar-refractivity contribution in [3.05, 3.63) is 100 Å². The Labute approximate surface area is 261 Å². The van der Waals surface area contributed by atoms with E-state index in [0.29, 0.717) is 11.1 Å². The Balaban J connectivity index is 1.39. The Hall–Kier alpha value is -3.89. The highest BCUT2D eigenvalue weighted by Gasteiger charge is 2.55. The van der Waals surface area contributed by atoms with Crippen LogP contribution in [0.25, 0.3) is 0 Å². The van der Waals surface area contributed by atoms with Crippen molar-refractivity contribution in [2.75, 3.05) is 5.88 Å². The molecule has 5 rings (SSSR count). The molecular weight excluding hydrogens is 581 g/mol. The molecule has 3 amide bonds. The van der Waals surface area contributed by atoms with Gasteiger partial charge in [-0.05, 0) is 74.1 Å². The summed E-state index contributed by atoms with van der Waals surface area (Å²) in [5.41, 5.74) is 2.91. The van der Waals surface area contributed by atoms with Gasteiger partial charge in [-0.25, -0.2) is 4.39 Å². The molecule has 0 bridgehead atoms. The molecule has 0 radical (unpaired) electrons. The van der Waals surface area contributed by atoms with E-state index in [1.165, 1.54) is 23.1 Å². The molecule has 232 valence electrons. The van der Waals surface area contributed by atoms with Gasteiger partial charge >= 0.3 is 0 Å². The third-order valence-corrected chi connectivity index (χ3v) is 10.5.